The van der Waals surface area contributed by atoms with E-state index in [4.69, 9.17) is 17.8 Å². The van der Waals surface area contributed by atoms with Gasteiger partial charge in [0.1, 0.15) is 0 Å². The lowest BCUT2D eigenvalue weighted by molar-refractivity contribution is 0.0394. The van der Waals surface area contributed by atoms with E-state index in [9.17, 15) is 8.42 Å². The molecule has 0 aliphatic heterocycles. The van der Waals surface area contributed by atoms with E-state index < -0.39 is 22.6 Å². The van der Waals surface area contributed by atoms with Gasteiger partial charge in [-0.05, 0) is 13.8 Å². The van der Waals surface area contributed by atoms with Gasteiger partial charge >= 0.3 is 10.4 Å². The highest BCUT2D eigenvalue weighted by Crippen LogP contribution is 2.06. The van der Waals surface area contributed by atoms with Gasteiger partial charge in [0.2, 0.25) is 0 Å². The third-order valence-corrected chi connectivity index (χ3v) is 2.87. The summed E-state index contributed by atoms with van der Waals surface area (Å²) in [7, 11) is -4.07. The van der Waals surface area contributed by atoms with Crippen LogP contribution in [0.1, 0.15) is 13.8 Å². The van der Waals surface area contributed by atoms with Crippen molar-refractivity contribution in [3.05, 3.63) is 25.3 Å². The van der Waals surface area contributed by atoms with Crippen molar-refractivity contribution in [1.82, 2.24) is 0 Å². The van der Waals surface area contributed by atoms with Crippen LogP contribution >= 0.6 is 0 Å². The van der Waals surface area contributed by atoms with E-state index in [2.05, 4.69) is 13.2 Å². The Morgan fingerprint density at radius 1 is 0.947 bits per heavy atom. The van der Waals surface area contributed by atoms with Crippen LogP contribution in [0.5, 0.6) is 0 Å². The molecule has 0 radical (unpaired) electrons. The van der Waals surface area contributed by atoms with Crippen LogP contribution < -0.4 is 0 Å². The molecule has 0 amide bonds. The van der Waals surface area contributed by atoms with Gasteiger partial charge in [0.15, 0.2) is 0 Å². The van der Waals surface area contributed by atoms with Crippen LogP contribution in [0.15, 0.2) is 25.3 Å². The fraction of sp³-hybridized carbons (Fsp3) is 0.667. The van der Waals surface area contributed by atoms with Gasteiger partial charge in [-0.25, -0.2) is 8.37 Å². The van der Waals surface area contributed by atoms with Crippen LogP contribution in [0.3, 0.4) is 0 Å². The SMILES string of the molecule is C=CCOCC(C)OS(=O)(=O)OC(C)COCC=C. The minimum Gasteiger partial charge on any atom is -0.375 e. The Balaban J connectivity index is 4.01. The maximum absolute atomic E-state index is 11.5. The van der Waals surface area contributed by atoms with E-state index in [0.29, 0.717) is 13.2 Å². The molecule has 0 aromatic heterocycles. The highest BCUT2D eigenvalue weighted by Gasteiger charge is 2.20. The van der Waals surface area contributed by atoms with E-state index in [1.165, 1.54) is 0 Å². The van der Waals surface area contributed by atoms with Crippen LogP contribution in [0.2, 0.25) is 0 Å². The largest absolute Gasteiger partial charge is 0.400 e. The first-order chi connectivity index (χ1) is 8.91. The van der Waals surface area contributed by atoms with Crippen LogP contribution in [-0.2, 0) is 28.2 Å². The van der Waals surface area contributed by atoms with Crippen molar-refractivity contribution in [3.8, 4) is 0 Å². The molecule has 7 heteroatoms. The van der Waals surface area contributed by atoms with Gasteiger partial charge in [-0.2, -0.15) is 8.42 Å². The van der Waals surface area contributed by atoms with E-state index in [0.717, 1.165) is 0 Å². The lowest BCUT2D eigenvalue weighted by Crippen LogP contribution is -2.27. The van der Waals surface area contributed by atoms with E-state index in [1.807, 2.05) is 0 Å². The summed E-state index contributed by atoms with van der Waals surface area (Å²) in [5, 5.41) is 0. The zero-order chi connectivity index (χ0) is 14.7. The predicted molar refractivity (Wildman–Crippen MR) is 72.0 cm³/mol. The molecular formula is C12H22O6S. The minimum atomic E-state index is -4.07. The Morgan fingerprint density at radius 3 is 1.63 bits per heavy atom. The third kappa shape index (κ3) is 10.8. The van der Waals surface area contributed by atoms with Crippen molar-refractivity contribution >= 4 is 10.4 Å². The zero-order valence-electron chi connectivity index (χ0n) is 11.4. The average molecular weight is 294 g/mol. The number of ether oxygens (including phenoxy) is 2. The second-order valence-corrected chi connectivity index (χ2v) is 5.08. The molecule has 0 spiro atoms. The topological polar surface area (TPSA) is 71.1 Å². The molecule has 2 atom stereocenters. The molecule has 112 valence electrons. The van der Waals surface area contributed by atoms with Crippen molar-refractivity contribution in [3.63, 3.8) is 0 Å². The first-order valence-corrected chi connectivity index (χ1v) is 7.23. The Bertz CT molecular complexity index is 323. The first kappa shape index (κ1) is 18.3. The van der Waals surface area contributed by atoms with E-state index in [1.54, 1.807) is 26.0 Å². The van der Waals surface area contributed by atoms with Crippen molar-refractivity contribution in [1.29, 1.82) is 0 Å². The molecule has 0 rings (SSSR count). The fourth-order valence-corrected chi connectivity index (χ4v) is 2.08. The van der Waals surface area contributed by atoms with Crippen LogP contribution in [0.25, 0.3) is 0 Å². The monoisotopic (exact) mass is 294 g/mol. The lowest BCUT2D eigenvalue weighted by atomic mass is 10.4. The summed E-state index contributed by atoms with van der Waals surface area (Å²) >= 11 is 0. The van der Waals surface area contributed by atoms with Gasteiger partial charge in [0, 0.05) is 0 Å². The van der Waals surface area contributed by atoms with Gasteiger partial charge in [-0.1, -0.05) is 12.2 Å². The minimum absolute atomic E-state index is 0.135. The summed E-state index contributed by atoms with van der Waals surface area (Å²) in [6.07, 6.45) is 1.87. The third-order valence-electron chi connectivity index (χ3n) is 1.74. The summed E-state index contributed by atoms with van der Waals surface area (Å²) in [5.41, 5.74) is 0. The highest BCUT2D eigenvalue weighted by molar-refractivity contribution is 7.81. The van der Waals surface area contributed by atoms with Crippen molar-refractivity contribution < 1.29 is 26.3 Å². The Hall–Kier alpha value is -0.730. The highest BCUT2D eigenvalue weighted by atomic mass is 32.3. The summed E-state index contributed by atoms with van der Waals surface area (Å²) in [4.78, 5) is 0. The standard InChI is InChI=1S/C12H22O6S/c1-5-7-15-9-11(3)17-19(13,14)18-12(4)10-16-8-6-2/h5-6,11-12H,1-2,7-10H2,3-4H3. The summed E-state index contributed by atoms with van der Waals surface area (Å²) in [6.45, 7) is 11.0. The van der Waals surface area contributed by atoms with Crippen molar-refractivity contribution in [2.24, 2.45) is 0 Å². The van der Waals surface area contributed by atoms with E-state index >= 15 is 0 Å². The normalized spacial score (nSPS) is 14.8. The van der Waals surface area contributed by atoms with E-state index in [-0.39, 0.29) is 13.2 Å². The fourth-order valence-electron chi connectivity index (χ4n) is 1.12. The molecule has 0 heterocycles. The Morgan fingerprint density at radius 2 is 1.32 bits per heavy atom. The molecule has 0 saturated carbocycles. The summed E-state index contributed by atoms with van der Waals surface area (Å²) in [5.74, 6) is 0. The predicted octanol–water partition coefficient (Wildman–Crippen LogP) is 1.45. The van der Waals surface area contributed by atoms with Gasteiger partial charge in [0.25, 0.3) is 0 Å². The van der Waals surface area contributed by atoms with Crippen LogP contribution in [0, 0.1) is 0 Å². The first-order valence-electron chi connectivity index (χ1n) is 5.90. The number of rotatable bonds is 12. The summed E-state index contributed by atoms with van der Waals surface area (Å²) < 4.78 is 42.7. The van der Waals surface area contributed by atoms with Gasteiger partial charge < -0.3 is 9.47 Å². The second-order valence-electron chi connectivity index (χ2n) is 3.87. The molecule has 2 unspecified atom stereocenters. The molecule has 0 fully saturated rings. The van der Waals surface area contributed by atoms with Crippen molar-refractivity contribution in [2.75, 3.05) is 26.4 Å². The lowest BCUT2D eigenvalue weighted by Gasteiger charge is -2.15. The van der Waals surface area contributed by atoms with Gasteiger partial charge in [-0.15, -0.1) is 13.2 Å². The van der Waals surface area contributed by atoms with Gasteiger partial charge in [0.05, 0.1) is 38.6 Å². The molecule has 6 nitrogen and oxygen atoms in total. The van der Waals surface area contributed by atoms with Crippen LogP contribution in [-0.4, -0.2) is 47.1 Å². The molecule has 0 aromatic rings. The zero-order valence-corrected chi connectivity index (χ0v) is 12.2. The molecule has 0 saturated heterocycles. The van der Waals surface area contributed by atoms with Crippen LogP contribution in [0.4, 0.5) is 0 Å². The Labute approximate surface area is 115 Å². The number of hydrogen-bond donors (Lipinski definition) is 0. The smallest absolute Gasteiger partial charge is 0.375 e. The maximum Gasteiger partial charge on any atom is 0.400 e. The number of hydrogen-bond acceptors (Lipinski definition) is 6. The van der Waals surface area contributed by atoms with Crippen molar-refractivity contribution in [2.45, 2.75) is 26.1 Å². The maximum atomic E-state index is 11.5. The average Bonchev–Trinajstić information content (AvgIpc) is 2.28. The Kier molecular flexibility index (Phi) is 9.72. The second kappa shape index (κ2) is 10.1. The molecule has 0 aromatic carbocycles. The molecular weight excluding hydrogens is 272 g/mol. The summed E-state index contributed by atoms with van der Waals surface area (Å²) in [6, 6.07) is 0. The van der Waals surface area contributed by atoms with Gasteiger partial charge in [-0.3, -0.25) is 0 Å². The molecule has 0 N–H and O–H groups in total. The molecule has 0 bridgehead atoms. The molecule has 0 aliphatic carbocycles. The molecule has 19 heavy (non-hydrogen) atoms. The quantitative estimate of drug-likeness (QED) is 0.401. The molecule has 0 aliphatic rings.